The van der Waals surface area contributed by atoms with E-state index in [1.807, 2.05) is 42.4 Å². The number of hydrogen-bond donors (Lipinski definition) is 0. The molecule has 3 heterocycles. The van der Waals surface area contributed by atoms with Crippen molar-refractivity contribution in [3.63, 3.8) is 0 Å². The normalized spacial score (nSPS) is 12.3. The van der Waals surface area contributed by atoms with Crippen molar-refractivity contribution in [1.82, 2.24) is 15.0 Å². The Morgan fingerprint density at radius 3 is 2.57 bits per heavy atom. The molecule has 0 bridgehead atoms. The smallest absolute Gasteiger partial charge is 0.0797 e. The zero-order valence-corrected chi connectivity index (χ0v) is 13.0. The van der Waals surface area contributed by atoms with Crippen LogP contribution in [0.25, 0.3) is 21.6 Å². The van der Waals surface area contributed by atoms with Gasteiger partial charge in [-0.05, 0) is 41.7 Å². The van der Waals surface area contributed by atoms with Crippen LogP contribution < -0.4 is 0 Å². The maximum absolute atomic E-state index is 4.65. The first-order valence-corrected chi connectivity index (χ1v) is 7.96. The molecule has 0 aromatic carbocycles. The first-order valence-electron chi connectivity index (χ1n) is 7.08. The van der Waals surface area contributed by atoms with E-state index in [0.717, 1.165) is 22.6 Å². The van der Waals surface area contributed by atoms with Gasteiger partial charge in [-0.25, -0.2) is 0 Å². The molecule has 0 saturated heterocycles. The lowest BCUT2D eigenvalue weighted by molar-refractivity contribution is 0.709. The van der Waals surface area contributed by atoms with Crippen LogP contribution in [0.5, 0.6) is 0 Å². The minimum absolute atomic E-state index is 0.459. The Kier molecular flexibility index (Phi) is 4.06. The zero-order chi connectivity index (χ0) is 14.7. The van der Waals surface area contributed by atoms with E-state index in [1.54, 1.807) is 11.3 Å². The molecule has 0 amide bonds. The number of rotatable bonds is 4. The second-order valence-corrected chi connectivity index (χ2v) is 5.95. The number of nitrogens with zero attached hydrogens (tertiary/aromatic N) is 3. The molecule has 4 heteroatoms. The van der Waals surface area contributed by atoms with Crippen molar-refractivity contribution < 1.29 is 0 Å². The van der Waals surface area contributed by atoms with Crippen molar-refractivity contribution in [2.45, 2.75) is 26.2 Å². The van der Waals surface area contributed by atoms with E-state index in [1.165, 1.54) is 11.1 Å². The van der Waals surface area contributed by atoms with Gasteiger partial charge in [0.25, 0.3) is 0 Å². The van der Waals surface area contributed by atoms with Gasteiger partial charge in [-0.3, -0.25) is 15.0 Å². The first kappa shape index (κ1) is 13.9. The summed E-state index contributed by atoms with van der Waals surface area (Å²) in [6, 6.07) is 6.29. The van der Waals surface area contributed by atoms with E-state index in [0.29, 0.717) is 5.92 Å². The Balaban J connectivity index is 2.17. The molecule has 106 valence electrons. The summed E-state index contributed by atoms with van der Waals surface area (Å²) >= 11 is 1.64. The summed E-state index contributed by atoms with van der Waals surface area (Å²) in [5.74, 6) is 0.459. The maximum Gasteiger partial charge on any atom is 0.0797 e. The van der Waals surface area contributed by atoms with Crippen LogP contribution in [0.3, 0.4) is 0 Å². The molecule has 3 aromatic rings. The van der Waals surface area contributed by atoms with Crippen molar-refractivity contribution in [3.8, 4) is 21.6 Å². The summed E-state index contributed by atoms with van der Waals surface area (Å²) in [5, 5.41) is 0. The summed E-state index contributed by atoms with van der Waals surface area (Å²) in [6.45, 7) is 4.40. The van der Waals surface area contributed by atoms with E-state index in [4.69, 9.17) is 0 Å². The zero-order valence-electron chi connectivity index (χ0n) is 12.2. The molecule has 1 atom stereocenters. The van der Waals surface area contributed by atoms with Crippen molar-refractivity contribution in [1.29, 1.82) is 0 Å². The van der Waals surface area contributed by atoms with Gasteiger partial charge in [0, 0.05) is 36.0 Å². The van der Waals surface area contributed by atoms with Gasteiger partial charge in [-0.1, -0.05) is 13.8 Å². The largest absolute Gasteiger partial charge is 0.265 e. The SMILES string of the molecule is CCC(C)c1cc(-c2ccncc2)c(-c2cncs2)cn1. The summed E-state index contributed by atoms with van der Waals surface area (Å²) in [5.41, 5.74) is 6.49. The summed E-state index contributed by atoms with van der Waals surface area (Å²) in [6.07, 6.45) is 8.62. The lowest BCUT2D eigenvalue weighted by atomic mass is 9.96. The van der Waals surface area contributed by atoms with E-state index in [2.05, 4.69) is 34.9 Å². The lowest BCUT2D eigenvalue weighted by Gasteiger charge is -2.13. The van der Waals surface area contributed by atoms with Crippen molar-refractivity contribution in [3.05, 3.63) is 54.2 Å². The molecule has 1 unspecified atom stereocenters. The third-order valence-electron chi connectivity index (χ3n) is 3.73. The van der Waals surface area contributed by atoms with Crippen LogP contribution in [0.15, 0.2) is 48.5 Å². The van der Waals surface area contributed by atoms with Crippen molar-refractivity contribution in [2.24, 2.45) is 0 Å². The molecule has 3 nitrogen and oxygen atoms in total. The second kappa shape index (κ2) is 6.14. The Bertz CT molecular complexity index is 708. The topological polar surface area (TPSA) is 38.7 Å². The third kappa shape index (κ3) is 2.85. The van der Waals surface area contributed by atoms with Gasteiger partial charge in [-0.2, -0.15) is 0 Å². The molecule has 0 spiro atoms. The van der Waals surface area contributed by atoms with Crippen LogP contribution in [0.2, 0.25) is 0 Å². The molecular weight excluding hydrogens is 278 g/mol. The van der Waals surface area contributed by atoms with Gasteiger partial charge >= 0.3 is 0 Å². The van der Waals surface area contributed by atoms with Gasteiger partial charge in [0.05, 0.1) is 10.4 Å². The average molecular weight is 295 g/mol. The van der Waals surface area contributed by atoms with E-state index >= 15 is 0 Å². The fourth-order valence-corrected chi connectivity index (χ4v) is 2.91. The number of pyridine rings is 2. The van der Waals surface area contributed by atoms with Gasteiger partial charge < -0.3 is 0 Å². The Morgan fingerprint density at radius 1 is 1.10 bits per heavy atom. The molecule has 0 aliphatic rings. The van der Waals surface area contributed by atoms with Crippen LogP contribution in [0, 0.1) is 0 Å². The number of aromatic nitrogens is 3. The molecule has 0 saturated carbocycles. The minimum atomic E-state index is 0.459. The van der Waals surface area contributed by atoms with E-state index in [9.17, 15) is 0 Å². The predicted octanol–water partition coefficient (Wildman–Crippen LogP) is 4.78. The van der Waals surface area contributed by atoms with Gasteiger partial charge in [0.1, 0.15) is 0 Å². The van der Waals surface area contributed by atoms with Gasteiger partial charge in [0.15, 0.2) is 0 Å². The summed E-state index contributed by atoms with van der Waals surface area (Å²) < 4.78 is 0. The Morgan fingerprint density at radius 2 is 1.90 bits per heavy atom. The first-order chi connectivity index (χ1) is 10.3. The summed E-state index contributed by atoms with van der Waals surface area (Å²) in [7, 11) is 0. The summed E-state index contributed by atoms with van der Waals surface area (Å²) in [4.78, 5) is 14.1. The predicted molar refractivity (Wildman–Crippen MR) is 87.3 cm³/mol. The standard InChI is InChI=1S/C17H17N3S/c1-3-12(2)16-8-14(13-4-6-18-7-5-13)15(9-20-16)17-10-19-11-21-17/h4-12H,3H2,1-2H3. The number of thiazole rings is 1. The quantitative estimate of drug-likeness (QED) is 0.695. The van der Waals surface area contributed by atoms with Crippen LogP contribution in [-0.4, -0.2) is 15.0 Å². The molecule has 0 aliphatic carbocycles. The number of hydrogen-bond acceptors (Lipinski definition) is 4. The Hall–Kier alpha value is -2.07. The monoisotopic (exact) mass is 295 g/mol. The highest BCUT2D eigenvalue weighted by Gasteiger charge is 2.13. The average Bonchev–Trinajstić information content (AvgIpc) is 3.08. The highest BCUT2D eigenvalue weighted by Crippen LogP contribution is 2.35. The fourth-order valence-electron chi connectivity index (χ4n) is 2.27. The lowest BCUT2D eigenvalue weighted by Crippen LogP contribution is -1.97. The van der Waals surface area contributed by atoms with Gasteiger partial charge in [0.2, 0.25) is 0 Å². The van der Waals surface area contributed by atoms with Crippen LogP contribution in [-0.2, 0) is 0 Å². The van der Waals surface area contributed by atoms with E-state index < -0.39 is 0 Å². The molecule has 0 radical (unpaired) electrons. The molecule has 3 rings (SSSR count). The van der Waals surface area contributed by atoms with E-state index in [-0.39, 0.29) is 0 Å². The van der Waals surface area contributed by atoms with Crippen molar-refractivity contribution >= 4 is 11.3 Å². The molecule has 3 aromatic heterocycles. The fraction of sp³-hybridized carbons (Fsp3) is 0.235. The molecule has 0 fully saturated rings. The maximum atomic E-state index is 4.65. The highest BCUT2D eigenvalue weighted by molar-refractivity contribution is 7.13. The molecule has 0 N–H and O–H groups in total. The second-order valence-electron chi connectivity index (χ2n) is 5.07. The van der Waals surface area contributed by atoms with Crippen molar-refractivity contribution in [2.75, 3.05) is 0 Å². The molecule has 21 heavy (non-hydrogen) atoms. The molecular formula is C17H17N3S. The van der Waals surface area contributed by atoms with Crippen LogP contribution in [0.1, 0.15) is 31.9 Å². The minimum Gasteiger partial charge on any atom is -0.265 e. The third-order valence-corrected chi connectivity index (χ3v) is 4.54. The highest BCUT2D eigenvalue weighted by atomic mass is 32.1. The molecule has 0 aliphatic heterocycles. The Labute approximate surface area is 128 Å². The van der Waals surface area contributed by atoms with Crippen LogP contribution in [0.4, 0.5) is 0 Å². The van der Waals surface area contributed by atoms with Crippen LogP contribution >= 0.6 is 11.3 Å². The van der Waals surface area contributed by atoms with Gasteiger partial charge in [-0.15, -0.1) is 11.3 Å².